The van der Waals surface area contributed by atoms with Gasteiger partial charge in [0.1, 0.15) is 0 Å². The second-order valence-corrected chi connectivity index (χ2v) is 6.39. The Kier molecular flexibility index (Phi) is 7.11. The van der Waals surface area contributed by atoms with Crippen LogP contribution in [0.15, 0.2) is 41.8 Å². The fourth-order valence-electron chi connectivity index (χ4n) is 1.72. The van der Waals surface area contributed by atoms with E-state index in [2.05, 4.69) is 23.5 Å². The van der Waals surface area contributed by atoms with Crippen molar-refractivity contribution in [3.05, 3.63) is 42.5 Å². The first-order chi connectivity index (χ1) is 10.0. The molecule has 0 aliphatic heterocycles. The molecule has 0 saturated heterocycles. The summed E-state index contributed by atoms with van der Waals surface area (Å²) in [6.45, 7) is 6.36. The van der Waals surface area contributed by atoms with Crippen molar-refractivity contribution in [2.75, 3.05) is 13.1 Å². The topological polar surface area (TPSA) is 75.3 Å². The minimum atomic E-state index is -3.54. The number of carbonyl (C=O) groups excluding carboxylic acids is 1. The second kappa shape index (κ2) is 8.59. The molecule has 6 heteroatoms. The van der Waals surface area contributed by atoms with Gasteiger partial charge in [0.25, 0.3) is 5.91 Å². The van der Waals surface area contributed by atoms with E-state index in [1.165, 1.54) is 30.3 Å². The molecule has 0 radical (unpaired) electrons. The summed E-state index contributed by atoms with van der Waals surface area (Å²) in [5.74, 6) is -0.186. The highest BCUT2D eigenvalue weighted by molar-refractivity contribution is 7.89. The number of hydrogen-bond acceptors (Lipinski definition) is 3. The Morgan fingerprint density at radius 3 is 2.48 bits per heavy atom. The fourth-order valence-corrected chi connectivity index (χ4v) is 2.71. The van der Waals surface area contributed by atoms with Gasteiger partial charge in [-0.3, -0.25) is 4.79 Å². The number of unbranched alkanes of at least 4 members (excludes halogenated alkanes) is 2. The predicted octanol–water partition coefficient (Wildman–Crippen LogP) is 2.07. The van der Waals surface area contributed by atoms with Crippen molar-refractivity contribution in [3.8, 4) is 0 Å². The molecule has 0 atom stereocenters. The van der Waals surface area contributed by atoms with Gasteiger partial charge >= 0.3 is 0 Å². The van der Waals surface area contributed by atoms with Gasteiger partial charge in [0.2, 0.25) is 10.0 Å². The van der Waals surface area contributed by atoms with Crippen LogP contribution >= 0.6 is 0 Å². The molecule has 0 saturated carbocycles. The minimum absolute atomic E-state index is 0.131. The number of benzene rings is 1. The molecule has 0 fully saturated rings. The molecule has 1 aromatic rings. The lowest BCUT2D eigenvalue weighted by atomic mass is 10.2. The van der Waals surface area contributed by atoms with Gasteiger partial charge in [-0.05, 0) is 30.7 Å². The maximum Gasteiger partial charge on any atom is 0.251 e. The van der Waals surface area contributed by atoms with Gasteiger partial charge in [-0.25, -0.2) is 13.1 Å². The summed E-state index contributed by atoms with van der Waals surface area (Å²) in [7, 11) is -3.54. The van der Waals surface area contributed by atoms with Gasteiger partial charge in [0, 0.05) is 18.7 Å². The lowest BCUT2D eigenvalue weighted by Gasteiger charge is -2.07. The molecule has 2 N–H and O–H groups in total. The van der Waals surface area contributed by atoms with Gasteiger partial charge in [-0.15, -0.1) is 6.58 Å². The van der Waals surface area contributed by atoms with E-state index in [9.17, 15) is 13.2 Å². The van der Waals surface area contributed by atoms with Crippen LogP contribution in [-0.2, 0) is 10.0 Å². The number of amides is 1. The highest BCUT2D eigenvalue weighted by Gasteiger charge is 2.13. The van der Waals surface area contributed by atoms with E-state index in [-0.39, 0.29) is 17.3 Å². The van der Waals surface area contributed by atoms with Crippen LogP contribution in [-0.4, -0.2) is 27.4 Å². The van der Waals surface area contributed by atoms with Crippen molar-refractivity contribution in [1.82, 2.24) is 10.0 Å². The maximum atomic E-state index is 11.9. The van der Waals surface area contributed by atoms with Crippen molar-refractivity contribution in [2.24, 2.45) is 0 Å². The molecule has 5 nitrogen and oxygen atoms in total. The van der Waals surface area contributed by atoms with Crippen LogP contribution in [0.1, 0.15) is 36.5 Å². The number of carbonyl (C=O) groups is 1. The number of hydrogen-bond donors (Lipinski definition) is 2. The van der Waals surface area contributed by atoms with E-state index in [4.69, 9.17) is 0 Å². The van der Waals surface area contributed by atoms with Gasteiger partial charge in [0.05, 0.1) is 4.90 Å². The highest BCUT2D eigenvalue weighted by atomic mass is 32.2. The van der Waals surface area contributed by atoms with Gasteiger partial charge < -0.3 is 5.32 Å². The Morgan fingerprint density at radius 2 is 1.90 bits per heavy atom. The Balaban J connectivity index is 2.65. The molecule has 116 valence electrons. The van der Waals surface area contributed by atoms with Gasteiger partial charge in [-0.2, -0.15) is 0 Å². The summed E-state index contributed by atoms with van der Waals surface area (Å²) in [6, 6.07) is 5.87. The molecule has 0 aliphatic carbocycles. The zero-order valence-corrected chi connectivity index (χ0v) is 13.1. The quantitative estimate of drug-likeness (QED) is 0.541. The summed E-state index contributed by atoms with van der Waals surface area (Å²) < 4.78 is 26.1. The normalized spacial score (nSPS) is 11.1. The van der Waals surface area contributed by atoms with E-state index in [0.717, 1.165) is 19.3 Å². The largest absolute Gasteiger partial charge is 0.352 e. The SMILES string of the molecule is C=CCNS(=O)(=O)c1ccc(C(=O)NCCCCC)cc1. The molecular weight excluding hydrogens is 288 g/mol. The summed E-state index contributed by atoms with van der Waals surface area (Å²) >= 11 is 0. The highest BCUT2D eigenvalue weighted by Crippen LogP contribution is 2.10. The first kappa shape index (κ1) is 17.4. The molecule has 21 heavy (non-hydrogen) atoms. The average molecular weight is 310 g/mol. The van der Waals surface area contributed by atoms with E-state index < -0.39 is 10.0 Å². The molecule has 0 heterocycles. The minimum Gasteiger partial charge on any atom is -0.352 e. The molecule has 0 aromatic heterocycles. The molecule has 0 bridgehead atoms. The van der Waals surface area contributed by atoms with Crippen LogP contribution in [0.4, 0.5) is 0 Å². The van der Waals surface area contributed by atoms with Crippen LogP contribution in [0, 0.1) is 0 Å². The number of rotatable bonds is 9. The van der Waals surface area contributed by atoms with Crippen LogP contribution in [0.2, 0.25) is 0 Å². The Hall–Kier alpha value is -1.66. The first-order valence-electron chi connectivity index (χ1n) is 7.00. The maximum absolute atomic E-state index is 11.9. The first-order valence-corrected chi connectivity index (χ1v) is 8.48. The van der Waals surface area contributed by atoms with Crippen molar-refractivity contribution in [2.45, 2.75) is 31.1 Å². The zero-order chi connectivity index (χ0) is 15.7. The van der Waals surface area contributed by atoms with Crippen LogP contribution in [0.25, 0.3) is 0 Å². The van der Waals surface area contributed by atoms with E-state index in [1.54, 1.807) is 0 Å². The van der Waals surface area contributed by atoms with Gasteiger partial charge in [0.15, 0.2) is 0 Å². The molecule has 1 aromatic carbocycles. The molecular formula is C15H22N2O3S. The van der Waals surface area contributed by atoms with Crippen LogP contribution in [0.5, 0.6) is 0 Å². The number of nitrogens with one attached hydrogen (secondary N) is 2. The lowest BCUT2D eigenvalue weighted by Crippen LogP contribution is -2.25. The van der Waals surface area contributed by atoms with E-state index in [0.29, 0.717) is 12.1 Å². The average Bonchev–Trinajstić information content (AvgIpc) is 2.49. The predicted molar refractivity (Wildman–Crippen MR) is 83.7 cm³/mol. The second-order valence-electron chi connectivity index (χ2n) is 4.63. The summed E-state index contributed by atoms with van der Waals surface area (Å²) in [5.41, 5.74) is 0.453. The Labute approximate surface area is 126 Å². The molecule has 1 amide bonds. The molecule has 0 aliphatic rings. The summed E-state index contributed by atoms with van der Waals surface area (Å²) in [4.78, 5) is 12.0. The smallest absolute Gasteiger partial charge is 0.251 e. The van der Waals surface area contributed by atoms with Crippen molar-refractivity contribution in [1.29, 1.82) is 0 Å². The molecule has 0 spiro atoms. The third kappa shape index (κ3) is 5.69. The zero-order valence-electron chi connectivity index (χ0n) is 12.3. The molecule has 1 rings (SSSR count). The molecule has 0 unspecified atom stereocenters. The Bertz CT molecular complexity index is 565. The van der Waals surface area contributed by atoms with Crippen molar-refractivity contribution >= 4 is 15.9 Å². The van der Waals surface area contributed by atoms with Gasteiger partial charge in [-0.1, -0.05) is 25.8 Å². The van der Waals surface area contributed by atoms with Crippen molar-refractivity contribution in [3.63, 3.8) is 0 Å². The third-order valence-corrected chi connectivity index (χ3v) is 4.35. The Morgan fingerprint density at radius 1 is 1.24 bits per heavy atom. The summed E-state index contributed by atoms with van der Waals surface area (Å²) in [5, 5.41) is 2.81. The third-order valence-electron chi connectivity index (χ3n) is 2.91. The summed E-state index contributed by atoms with van der Waals surface area (Å²) in [6.07, 6.45) is 4.59. The monoisotopic (exact) mass is 310 g/mol. The van der Waals surface area contributed by atoms with Crippen molar-refractivity contribution < 1.29 is 13.2 Å². The lowest BCUT2D eigenvalue weighted by molar-refractivity contribution is 0.0953. The van der Waals surface area contributed by atoms with E-state index >= 15 is 0 Å². The van der Waals surface area contributed by atoms with Crippen LogP contribution < -0.4 is 10.0 Å². The van der Waals surface area contributed by atoms with E-state index in [1.807, 2.05) is 0 Å². The van der Waals surface area contributed by atoms with Crippen LogP contribution in [0.3, 0.4) is 0 Å². The fraction of sp³-hybridized carbons (Fsp3) is 0.400. The number of sulfonamides is 1. The standard InChI is InChI=1S/C15H22N2O3S/c1-3-5-6-12-16-15(18)13-7-9-14(10-8-13)21(19,20)17-11-4-2/h4,7-10,17H,2-3,5-6,11-12H2,1H3,(H,16,18).